The van der Waals surface area contributed by atoms with Crippen LogP contribution in [0.5, 0.6) is 0 Å². The van der Waals surface area contributed by atoms with Gasteiger partial charge in [0.05, 0.1) is 16.9 Å². The normalized spacial score (nSPS) is 28.4. The molecule has 2 atom stereocenters. The van der Waals surface area contributed by atoms with Crippen molar-refractivity contribution >= 4 is 11.6 Å². The van der Waals surface area contributed by atoms with Crippen molar-refractivity contribution < 1.29 is 4.79 Å². The van der Waals surface area contributed by atoms with Crippen LogP contribution in [-0.2, 0) is 10.3 Å². The summed E-state index contributed by atoms with van der Waals surface area (Å²) in [6.07, 6.45) is 19.2. The number of carbonyl (C=O) groups is 1. The van der Waals surface area contributed by atoms with Crippen LogP contribution in [0.3, 0.4) is 0 Å². The van der Waals surface area contributed by atoms with Crippen molar-refractivity contribution in [3.8, 4) is 0 Å². The Balaban J connectivity index is 1.27. The van der Waals surface area contributed by atoms with E-state index in [4.69, 9.17) is 0 Å². The Morgan fingerprint density at radius 1 is 1.16 bits per heavy atom. The highest BCUT2D eigenvalue weighted by Crippen LogP contribution is 2.42. The molecule has 0 saturated carbocycles. The van der Waals surface area contributed by atoms with E-state index < -0.39 is 0 Å². The fourth-order valence-corrected chi connectivity index (χ4v) is 5.85. The number of amides is 1. The van der Waals surface area contributed by atoms with Gasteiger partial charge < -0.3 is 20.1 Å². The summed E-state index contributed by atoms with van der Waals surface area (Å²) in [5.74, 6) is 0.732. The van der Waals surface area contributed by atoms with Gasteiger partial charge in [0.15, 0.2) is 0 Å². The molecule has 2 aliphatic carbocycles. The molecule has 1 spiro atoms. The number of carbonyl (C=O) groups excluding carboxylic acids is 1. The van der Waals surface area contributed by atoms with Crippen molar-refractivity contribution in [2.75, 3.05) is 19.6 Å². The quantitative estimate of drug-likeness (QED) is 0.740. The summed E-state index contributed by atoms with van der Waals surface area (Å²) in [4.78, 5) is 15.5. The van der Waals surface area contributed by atoms with Crippen molar-refractivity contribution in [2.24, 2.45) is 5.92 Å². The van der Waals surface area contributed by atoms with Gasteiger partial charge in [-0.25, -0.2) is 0 Å². The van der Waals surface area contributed by atoms with Crippen LogP contribution in [0.15, 0.2) is 71.6 Å². The van der Waals surface area contributed by atoms with Gasteiger partial charge in [-0.2, -0.15) is 0 Å². The molecule has 0 radical (unpaired) electrons. The first-order valence-corrected chi connectivity index (χ1v) is 11.6. The van der Waals surface area contributed by atoms with Crippen LogP contribution in [0.1, 0.15) is 38.3 Å². The minimum atomic E-state index is -0.102. The predicted molar refractivity (Wildman–Crippen MR) is 123 cm³/mol. The van der Waals surface area contributed by atoms with E-state index in [2.05, 4.69) is 75.7 Å². The van der Waals surface area contributed by atoms with E-state index in [1.165, 1.54) is 17.1 Å². The van der Waals surface area contributed by atoms with Gasteiger partial charge in [-0.1, -0.05) is 43.4 Å². The van der Waals surface area contributed by atoms with E-state index in [1.807, 2.05) is 6.08 Å². The van der Waals surface area contributed by atoms with Crippen molar-refractivity contribution in [1.82, 2.24) is 20.1 Å². The molecular formula is C26H30N4O. The molecule has 3 aliphatic heterocycles. The lowest BCUT2D eigenvalue weighted by molar-refractivity contribution is -0.128. The van der Waals surface area contributed by atoms with E-state index in [1.54, 1.807) is 0 Å². The fourth-order valence-electron chi connectivity index (χ4n) is 5.85. The molecule has 5 heteroatoms. The lowest BCUT2D eigenvalue weighted by Gasteiger charge is -2.48. The molecule has 0 aromatic carbocycles. The number of likely N-dealkylation sites (tertiary alicyclic amines) is 1. The van der Waals surface area contributed by atoms with Gasteiger partial charge in [0.1, 0.15) is 0 Å². The number of hydrogen-bond acceptors (Lipinski definition) is 3. The van der Waals surface area contributed by atoms with Gasteiger partial charge in [-0.3, -0.25) is 4.79 Å². The predicted octanol–water partition coefficient (Wildman–Crippen LogP) is 3.46. The van der Waals surface area contributed by atoms with Crippen molar-refractivity contribution in [1.29, 1.82) is 0 Å². The average molecular weight is 415 g/mol. The Bertz CT molecular complexity index is 1070. The van der Waals surface area contributed by atoms with Gasteiger partial charge in [0, 0.05) is 43.1 Å². The summed E-state index contributed by atoms with van der Waals surface area (Å²) in [6, 6.07) is 4.68. The van der Waals surface area contributed by atoms with Crippen LogP contribution >= 0.6 is 0 Å². The number of hydrogen-bond donors (Lipinski definition) is 2. The molecule has 5 nitrogen and oxygen atoms in total. The van der Waals surface area contributed by atoms with Crippen LogP contribution in [0.2, 0.25) is 0 Å². The number of piperidine rings is 1. The molecule has 1 aromatic heterocycles. The van der Waals surface area contributed by atoms with Crippen molar-refractivity contribution in [2.45, 2.75) is 44.2 Å². The van der Waals surface area contributed by atoms with Crippen LogP contribution < -0.4 is 10.6 Å². The maximum absolute atomic E-state index is 13.5. The zero-order chi connectivity index (χ0) is 21.0. The first-order chi connectivity index (χ1) is 15.1. The zero-order valence-corrected chi connectivity index (χ0v) is 18.1. The topological polar surface area (TPSA) is 49.3 Å². The standard InChI is InChI=1S/C26H30N4O/c1-18-9-10-23-22(17-18)28-26(24-8-4-14-30(23)24)11-15-29(16-12-26)25(31)20-5-2-7-21-19(20)6-3-13-27-21/h2-6,8,10,14,17-18,21,27-28H,7,9,11-13,15-16H2,1H3. The second kappa shape index (κ2) is 7.13. The highest BCUT2D eigenvalue weighted by Gasteiger charge is 2.44. The number of allylic oxidation sites excluding steroid dienone is 3. The van der Waals surface area contributed by atoms with Crippen LogP contribution in [0.4, 0.5) is 0 Å². The average Bonchev–Trinajstić information content (AvgIpc) is 3.30. The minimum Gasteiger partial charge on any atom is -0.372 e. The number of nitrogens with zero attached hydrogens (tertiary/aromatic N) is 2. The number of fused-ring (bicyclic) bond motifs is 5. The summed E-state index contributed by atoms with van der Waals surface area (Å²) in [5.41, 5.74) is 5.78. The van der Waals surface area contributed by atoms with E-state index in [0.717, 1.165) is 56.5 Å². The van der Waals surface area contributed by atoms with E-state index in [-0.39, 0.29) is 17.5 Å². The highest BCUT2D eigenvalue weighted by molar-refractivity contribution is 5.98. The SMILES string of the molecule is CC1C=C2NC3(CCN(C(=O)C4=C5C=CCNC5CC=C4)CC3)c3cccn3C2=CC1. The molecule has 6 rings (SSSR count). The third-order valence-electron chi connectivity index (χ3n) is 7.54. The Hall–Kier alpha value is -2.79. The number of rotatable bonds is 1. The van der Waals surface area contributed by atoms with Gasteiger partial charge in [0.25, 0.3) is 5.91 Å². The van der Waals surface area contributed by atoms with Crippen LogP contribution in [0.25, 0.3) is 5.70 Å². The summed E-state index contributed by atoms with van der Waals surface area (Å²) < 4.78 is 2.36. The summed E-state index contributed by atoms with van der Waals surface area (Å²) in [7, 11) is 0. The third kappa shape index (κ3) is 2.98. The molecule has 160 valence electrons. The van der Waals surface area contributed by atoms with Crippen molar-refractivity contribution in [3.05, 3.63) is 77.3 Å². The van der Waals surface area contributed by atoms with Gasteiger partial charge in [-0.15, -0.1) is 0 Å². The Morgan fingerprint density at radius 2 is 2.03 bits per heavy atom. The van der Waals surface area contributed by atoms with Crippen LogP contribution in [-0.4, -0.2) is 41.1 Å². The maximum atomic E-state index is 13.5. The Labute approximate surface area is 183 Å². The van der Waals surface area contributed by atoms with Crippen molar-refractivity contribution in [3.63, 3.8) is 0 Å². The molecule has 1 saturated heterocycles. The Kier molecular flexibility index (Phi) is 4.35. The van der Waals surface area contributed by atoms with Gasteiger partial charge >= 0.3 is 0 Å². The minimum absolute atomic E-state index is 0.102. The fraction of sp³-hybridized carbons (Fsp3) is 0.423. The van der Waals surface area contributed by atoms with Crippen LogP contribution in [0, 0.1) is 5.92 Å². The van der Waals surface area contributed by atoms with Gasteiger partial charge in [0.2, 0.25) is 0 Å². The van der Waals surface area contributed by atoms with Gasteiger partial charge in [-0.05, 0) is 49.3 Å². The van der Waals surface area contributed by atoms with E-state index in [9.17, 15) is 4.79 Å². The maximum Gasteiger partial charge on any atom is 0.254 e. The first kappa shape index (κ1) is 18.9. The monoisotopic (exact) mass is 414 g/mol. The first-order valence-electron chi connectivity index (χ1n) is 11.6. The second-order valence-corrected chi connectivity index (χ2v) is 9.52. The van der Waals surface area contributed by atoms with E-state index in [0.29, 0.717) is 5.92 Å². The molecule has 2 N–H and O–H groups in total. The summed E-state index contributed by atoms with van der Waals surface area (Å²) >= 11 is 0. The molecular weight excluding hydrogens is 384 g/mol. The third-order valence-corrected chi connectivity index (χ3v) is 7.54. The largest absolute Gasteiger partial charge is 0.372 e. The molecule has 0 bridgehead atoms. The molecule has 1 aromatic rings. The smallest absolute Gasteiger partial charge is 0.254 e. The summed E-state index contributed by atoms with van der Waals surface area (Å²) in [6.45, 7) is 4.69. The molecule has 2 unspecified atom stereocenters. The lowest BCUT2D eigenvalue weighted by Crippen LogP contribution is -2.55. The zero-order valence-electron chi connectivity index (χ0n) is 18.1. The van der Waals surface area contributed by atoms with E-state index >= 15 is 0 Å². The molecule has 1 amide bonds. The molecule has 5 aliphatic rings. The number of nitrogens with one attached hydrogen (secondary N) is 2. The highest BCUT2D eigenvalue weighted by atomic mass is 16.2. The second-order valence-electron chi connectivity index (χ2n) is 9.52. The lowest BCUT2D eigenvalue weighted by atomic mass is 9.80. The Morgan fingerprint density at radius 3 is 2.90 bits per heavy atom. The number of aromatic nitrogens is 1. The summed E-state index contributed by atoms with van der Waals surface area (Å²) in [5, 5.41) is 7.42. The molecule has 4 heterocycles. The molecule has 1 fully saturated rings. The molecule has 31 heavy (non-hydrogen) atoms.